The number of aromatic nitrogens is 1. The fourth-order valence-corrected chi connectivity index (χ4v) is 1.80. The van der Waals surface area contributed by atoms with Crippen molar-refractivity contribution in [2.75, 3.05) is 11.1 Å². The quantitative estimate of drug-likeness (QED) is 0.855. The van der Waals surface area contributed by atoms with Crippen molar-refractivity contribution in [2.24, 2.45) is 5.41 Å². The van der Waals surface area contributed by atoms with Crippen molar-refractivity contribution in [1.29, 1.82) is 0 Å². The second-order valence-corrected chi connectivity index (χ2v) is 5.40. The second kappa shape index (κ2) is 3.12. The summed E-state index contributed by atoms with van der Waals surface area (Å²) in [7, 11) is 0. The van der Waals surface area contributed by atoms with E-state index in [2.05, 4.69) is 40.1 Å². The average Bonchev–Trinajstić information content (AvgIpc) is 2.65. The zero-order chi connectivity index (χ0) is 10.3. The Balaban J connectivity index is 2.11. The molecular formula is C10H14BrN3. The van der Waals surface area contributed by atoms with E-state index in [1.165, 1.54) is 6.42 Å². The number of hydrogen-bond donors (Lipinski definition) is 2. The number of hydrogen-bond acceptors (Lipinski definition) is 3. The molecular weight excluding hydrogens is 242 g/mol. The molecule has 76 valence electrons. The van der Waals surface area contributed by atoms with E-state index in [-0.39, 0.29) is 0 Å². The molecule has 1 aliphatic carbocycles. The molecule has 1 unspecified atom stereocenters. The third-order valence-electron chi connectivity index (χ3n) is 2.71. The van der Waals surface area contributed by atoms with Crippen LogP contribution in [0.1, 0.15) is 20.3 Å². The van der Waals surface area contributed by atoms with Gasteiger partial charge in [-0.1, -0.05) is 13.8 Å². The maximum atomic E-state index is 5.83. The Labute approximate surface area is 92.2 Å². The summed E-state index contributed by atoms with van der Waals surface area (Å²) >= 11 is 3.33. The summed E-state index contributed by atoms with van der Waals surface area (Å²) in [6.45, 7) is 4.47. The number of nitrogens with zero attached hydrogens (tertiary/aromatic N) is 1. The SMILES string of the molecule is CC1(C)CC1Nc1ncc(Br)cc1N. The van der Waals surface area contributed by atoms with E-state index in [4.69, 9.17) is 5.73 Å². The zero-order valence-electron chi connectivity index (χ0n) is 8.34. The molecule has 0 saturated heterocycles. The van der Waals surface area contributed by atoms with E-state index in [1.807, 2.05) is 6.07 Å². The lowest BCUT2D eigenvalue weighted by Gasteiger charge is -2.09. The van der Waals surface area contributed by atoms with Crippen LogP contribution in [0.3, 0.4) is 0 Å². The molecule has 0 aliphatic heterocycles. The Bertz CT molecular complexity index is 362. The van der Waals surface area contributed by atoms with Crippen LogP contribution in [-0.2, 0) is 0 Å². The lowest BCUT2D eigenvalue weighted by molar-refractivity contribution is 0.630. The fraction of sp³-hybridized carbons (Fsp3) is 0.500. The number of nitrogens with two attached hydrogens (primary N) is 1. The number of anilines is 2. The van der Waals surface area contributed by atoms with Gasteiger partial charge in [0.05, 0.1) is 5.69 Å². The summed E-state index contributed by atoms with van der Waals surface area (Å²) in [4.78, 5) is 4.24. The van der Waals surface area contributed by atoms with Crippen LogP contribution in [0.4, 0.5) is 11.5 Å². The van der Waals surface area contributed by atoms with Gasteiger partial charge in [0.15, 0.2) is 0 Å². The number of halogens is 1. The van der Waals surface area contributed by atoms with Gasteiger partial charge in [-0.15, -0.1) is 0 Å². The Kier molecular flexibility index (Phi) is 2.18. The summed E-state index contributed by atoms with van der Waals surface area (Å²) in [5, 5.41) is 3.34. The maximum absolute atomic E-state index is 5.83. The molecule has 1 fully saturated rings. The number of pyridine rings is 1. The van der Waals surface area contributed by atoms with Crippen molar-refractivity contribution in [1.82, 2.24) is 4.98 Å². The van der Waals surface area contributed by atoms with Gasteiger partial charge in [0.2, 0.25) is 0 Å². The molecule has 4 heteroatoms. The van der Waals surface area contributed by atoms with Gasteiger partial charge in [0.1, 0.15) is 5.82 Å². The molecule has 1 aromatic heterocycles. The average molecular weight is 256 g/mol. The molecule has 1 aliphatic rings. The summed E-state index contributed by atoms with van der Waals surface area (Å²) in [6, 6.07) is 2.38. The topological polar surface area (TPSA) is 50.9 Å². The summed E-state index contributed by atoms with van der Waals surface area (Å²) in [6.07, 6.45) is 2.94. The standard InChI is InChI=1S/C10H14BrN3/c1-10(2)4-8(10)14-9-7(12)3-6(11)5-13-9/h3,5,8H,4,12H2,1-2H3,(H,13,14). The van der Waals surface area contributed by atoms with Crippen LogP contribution in [0.15, 0.2) is 16.7 Å². The molecule has 1 saturated carbocycles. The Morgan fingerprint density at radius 1 is 1.64 bits per heavy atom. The van der Waals surface area contributed by atoms with Gasteiger partial charge in [0, 0.05) is 16.7 Å². The first kappa shape index (κ1) is 9.77. The van der Waals surface area contributed by atoms with Crippen LogP contribution in [0.25, 0.3) is 0 Å². The van der Waals surface area contributed by atoms with Gasteiger partial charge in [-0.05, 0) is 33.8 Å². The number of nitrogens with one attached hydrogen (secondary N) is 1. The monoisotopic (exact) mass is 255 g/mol. The highest BCUT2D eigenvalue weighted by atomic mass is 79.9. The predicted molar refractivity (Wildman–Crippen MR) is 62.2 cm³/mol. The molecule has 1 heterocycles. The van der Waals surface area contributed by atoms with Crippen molar-refractivity contribution in [3.8, 4) is 0 Å². The van der Waals surface area contributed by atoms with Crippen molar-refractivity contribution < 1.29 is 0 Å². The third-order valence-corrected chi connectivity index (χ3v) is 3.14. The van der Waals surface area contributed by atoms with Crippen LogP contribution in [0.2, 0.25) is 0 Å². The lowest BCUT2D eigenvalue weighted by Crippen LogP contribution is -2.11. The Morgan fingerprint density at radius 3 is 2.79 bits per heavy atom. The van der Waals surface area contributed by atoms with E-state index < -0.39 is 0 Å². The highest BCUT2D eigenvalue weighted by molar-refractivity contribution is 9.10. The van der Waals surface area contributed by atoms with Crippen molar-refractivity contribution >= 4 is 27.4 Å². The highest BCUT2D eigenvalue weighted by Crippen LogP contribution is 2.46. The van der Waals surface area contributed by atoms with Crippen LogP contribution >= 0.6 is 15.9 Å². The molecule has 2 rings (SSSR count). The maximum Gasteiger partial charge on any atom is 0.149 e. The number of rotatable bonds is 2. The lowest BCUT2D eigenvalue weighted by atomic mass is 10.2. The van der Waals surface area contributed by atoms with Crippen LogP contribution in [0, 0.1) is 5.41 Å². The second-order valence-electron chi connectivity index (χ2n) is 4.48. The molecule has 0 amide bonds. The molecule has 3 N–H and O–H groups in total. The molecule has 0 radical (unpaired) electrons. The molecule has 14 heavy (non-hydrogen) atoms. The van der Waals surface area contributed by atoms with Gasteiger partial charge >= 0.3 is 0 Å². The van der Waals surface area contributed by atoms with Gasteiger partial charge in [-0.2, -0.15) is 0 Å². The molecule has 0 aromatic carbocycles. The minimum atomic E-state index is 0.390. The molecule has 1 atom stereocenters. The first-order chi connectivity index (χ1) is 6.49. The van der Waals surface area contributed by atoms with Gasteiger partial charge in [-0.25, -0.2) is 4.98 Å². The largest absolute Gasteiger partial charge is 0.396 e. The van der Waals surface area contributed by atoms with Crippen LogP contribution in [0.5, 0.6) is 0 Å². The van der Waals surface area contributed by atoms with Crippen molar-refractivity contribution in [2.45, 2.75) is 26.3 Å². The highest BCUT2D eigenvalue weighted by Gasteiger charge is 2.46. The predicted octanol–water partition coefficient (Wildman–Crippen LogP) is 2.64. The van der Waals surface area contributed by atoms with Crippen molar-refractivity contribution in [3.05, 3.63) is 16.7 Å². The summed E-state index contributed by atoms with van der Waals surface area (Å²) in [5.41, 5.74) is 6.92. The first-order valence-corrected chi connectivity index (χ1v) is 5.46. The van der Waals surface area contributed by atoms with Crippen LogP contribution in [-0.4, -0.2) is 11.0 Å². The summed E-state index contributed by atoms with van der Waals surface area (Å²) < 4.78 is 0.913. The Hall–Kier alpha value is -0.770. The van der Waals surface area contributed by atoms with E-state index in [9.17, 15) is 0 Å². The molecule has 1 aromatic rings. The third kappa shape index (κ3) is 1.85. The van der Waals surface area contributed by atoms with E-state index in [0.717, 1.165) is 10.3 Å². The van der Waals surface area contributed by atoms with Gasteiger partial charge < -0.3 is 11.1 Å². The minimum absolute atomic E-state index is 0.390. The molecule has 0 bridgehead atoms. The van der Waals surface area contributed by atoms with E-state index >= 15 is 0 Å². The summed E-state index contributed by atoms with van der Waals surface area (Å²) in [5.74, 6) is 0.795. The molecule has 0 spiro atoms. The Morgan fingerprint density at radius 2 is 2.29 bits per heavy atom. The zero-order valence-corrected chi connectivity index (χ0v) is 9.93. The minimum Gasteiger partial charge on any atom is -0.396 e. The number of nitrogen functional groups attached to an aromatic ring is 1. The van der Waals surface area contributed by atoms with E-state index in [0.29, 0.717) is 17.1 Å². The van der Waals surface area contributed by atoms with Crippen molar-refractivity contribution in [3.63, 3.8) is 0 Å². The van der Waals surface area contributed by atoms with Gasteiger partial charge in [0.25, 0.3) is 0 Å². The van der Waals surface area contributed by atoms with Crippen LogP contribution < -0.4 is 11.1 Å². The van der Waals surface area contributed by atoms with E-state index in [1.54, 1.807) is 6.20 Å². The normalized spacial score (nSPS) is 23.2. The smallest absolute Gasteiger partial charge is 0.149 e. The van der Waals surface area contributed by atoms with Gasteiger partial charge in [-0.3, -0.25) is 0 Å². The first-order valence-electron chi connectivity index (χ1n) is 4.66. The fourth-order valence-electron chi connectivity index (χ4n) is 1.45. The molecule has 3 nitrogen and oxygen atoms in total.